The molecular weight excluding hydrogens is 340 g/mol. The second-order valence-electron chi connectivity index (χ2n) is 4.60. The molecular formula is C18H16N2O6. The van der Waals surface area contributed by atoms with Crippen LogP contribution in [0.1, 0.15) is 20.7 Å². The fourth-order valence-corrected chi connectivity index (χ4v) is 1.46. The highest BCUT2D eigenvalue weighted by Gasteiger charge is 2.00. The zero-order valence-corrected chi connectivity index (χ0v) is 13.4. The van der Waals surface area contributed by atoms with Gasteiger partial charge >= 0.3 is 11.9 Å². The molecule has 0 aliphatic carbocycles. The molecule has 0 radical (unpaired) electrons. The van der Waals surface area contributed by atoms with Gasteiger partial charge in [-0.3, -0.25) is 9.97 Å². The summed E-state index contributed by atoms with van der Waals surface area (Å²) in [7, 11) is 0. The standard InChI is InChI=1S/2C7H6O3.C4H4N2/c2*8-6-3-1-5(2-4-6)7(9)10;1-2-6-4-3-5-1/h2*1-4,8H,(H,9,10);1-4H. The molecule has 26 heavy (non-hydrogen) atoms. The summed E-state index contributed by atoms with van der Waals surface area (Å²) < 4.78 is 0. The van der Waals surface area contributed by atoms with Gasteiger partial charge in [0.2, 0.25) is 0 Å². The van der Waals surface area contributed by atoms with Gasteiger partial charge < -0.3 is 20.4 Å². The summed E-state index contributed by atoms with van der Waals surface area (Å²) in [6.45, 7) is 0. The Morgan fingerprint density at radius 1 is 0.577 bits per heavy atom. The lowest BCUT2D eigenvalue weighted by Gasteiger charge is -1.92. The summed E-state index contributed by atoms with van der Waals surface area (Å²) in [6, 6.07) is 10.7. The molecule has 8 heteroatoms. The van der Waals surface area contributed by atoms with Gasteiger partial charge in [-0.25, -0.2) is 9.59 Å². The third kappa shape index (κ3) is 8.06. The first kappa shape index (κ1) is 20.1. The van der Waals surface area contributed by atoms with Crippen molar-refractivity contribution in [2.24, 2.45) is 0 Å². The van der Waals surface area contributed by atoms with Crippen LogP contribution in [0.5, 0.6) is 11.5 Å². The van der Waals surface area contributed by atoms with Crippen molar-refractivity contribution in [1.82, 2.24) is 9.97 Å². The van der Waals surface area contributed by atoms with Gasteiger partial charge in [-0.2, -0.15) is 0 Å². The molecule has 1 heterocycles. The molecule has 0 saturated heterocycles. The smallest absolute Gasteiger partial charge is 0.335 e. The molecule has 0 aliphatic heterocycles. The molecule has 4 N–H and O–H groups in total. The minimum atomic E-state index is -0.986. The molecule has 0 atom stereocenters. The van der Waals surface area contributed by atoms with Crippen molar-refractivity contribution in [2.75, 3.05) is 0 Å². The minimum Gasteiger partial charge on any atom is -0.508 e. The Labute approximate surface area is 148 Å². The highest BCUT2D eigenvalue weighted by molar-refractivity contribution is 5.88. The van der Waals surface area contributed by atoms with Gasteiger partial charge in [-0.15, -0.1) is 0 Å². The third-order valence-corrected chi connectivity index (χ3v) is 2.71. The van der Waals surface area contributed by atoms with Crippen molar-refractivity contribution < 1.29 is 30.0 Å². The van der Waals surface area contributed by atoms with Crippen molar-refractivity contribution in [2.45, 2.75) is 0 Å². The first-order valence-corrected chi connectivity index (χ1v) is 7.14. The van der Waals surface area contributed by atoms with Crippen LogP contribution in [0.2, 0.25) is 0 Å². The van der Waals surface area contributed by atoms with Crippen LogP contribution < -0.4 is 0 Å². The molecule has 2 aromatic carbocycles. The van der Waals surface area contributed by atoms with E-state index in [2.05, 4.69) is 9.97 Å². The lowest BCUT2D eigenvalue weighted by molar-refractivity contribution is 0.0686. The van der Waals surface area contributed by atoms with Crippen molar-refractivity contribution >= 4 is 11.9 Å². The van der Waals surface area contributed by atoms with E-state index in [0.717, 1.165) is 0 Å². The number of aromatic hydroxyl groups is 2. The molecule has 3 rings (SSSR count). The summed E-state index contributed by atoms with van der Waals surface area (Å²) >= 11 is 0. The van der Waals surface area contributed by atoms with Gasteiger partial charge in [-0.1, -0.05) is 0 Å². The normalized spacial score (nSPS) is 8.92. The number of phenolic OH excluding ortho intramolecular Hbond substituents is 2. The zero-order valence-electron chi connectivity index (χ0n) is 13.4. The van der Waals surface area contributed by atoms with E-state index in [4.69, 9.17) is 20.4 Å². The lowest BCUT2D eigenvalue weighted by atomic mass is 10.2. The predicted octanol–water partition coefficient (Wildman–Crippen LogP) is 2.66. The van der Waals surface area contributed by atoms with Crippen molar-refractivity contribution in [3.63, 3.8) is 0 Å². The maximum Gasteiger partial charge on any atom is 0.335 e. The second kappa shape index (κ2) is 10.8. The fraction of sp³-hybridized carbons (Fsp3) is 0. The average Bonchev–Trinajstić information content (AvgIpc) is 2.65. The van der Waals surface area contributed by atoms with E-state index in [9.17, 15) is 9.59 Å². The van der Waals surface area contributed by atoms with Crippen LogP contribution in [0.4, 0.5) is 0 Å². The number of carbonyl (C=O) groups is 2. The van der Waals surface area contributed by atoms with Gasteiger partial charge in [0.1, 0.15) is 11.5 Å². The molecule has 0 amide bonds. The molecule has 134 valence electrons. The SMILES string of the molecule is O=C(O)c1ccc(O)cc1.O=C(O)c1ccc(O)cc1.c1cnccn1. The van der Waals surface area contributed by atoms with Crippen molar-refractivity contribution in [3.05, 3.63) is 84.4 Å². The first-order valence-electron chi connectivity index (χ1n) is 7.14. The number of rotatable bonds is 2. The number of carboxylic acid groups (broad SMARTS) is 2. The Balaban J connectivity index is 0.000000201. The largest absolute Gasteiger partial charge is 0.508 e. The number of phenols is 2. The van der Waals surface area contributed by atoms with E-state index in [1.807, 2.05) is 0 Å². The van der Waals surface area contributed by atoms with Crippen LogP contribution in [0, 0.1) is 0 Å². The number of aromatic nitrogens is 2. The molecule has 0 spiro atoms. The van der Waals surface area contributed by atoms with Gasteiger partial charge in [0.05, 0.1) is 11.1 Å². The van der Waals surface area contributed by atoms with Crippen LogP contribution in [-0.2, 0) is 0 Å². The Morgan fingerprint density at radius 3 is 1.04 bits per heavy atom. The fourth-order valence-electron chi connectivity index (χ4n) is 1.46. The molecule has 3 aromatic rings. The molecule has 0 aliphatic rings. The van der Waals surface area contributed by atoms with E-state index in [1.54, 1.807) is 24.8 Å². The topological polar surface area (TPSA) is 141 Å². The van der Waals surface area contributed by atoms with E-state index >= 15 is 0 Å². The number of hydrogen-bond donors (Lipinski definition) is 4. The summed E-state index contributed by atoms with van der Waals surface area (Å²) in [5, 5.41) is 34.3. The average molecular weight is 356 g/mol. The van der Waals surface area contributed by atoms with Gasteiger partial charge in [0.25, 0.3) is 0 Å². The molecule has 0 fully saturated rings. The summed E-state index contributed by atoms with van der Waals surface area (Å²) in [5.41, 5.74) is 0.357. The van der Waals surface area contributed by atoms with E-state index in [1.165, 1.54) is 48.5 Å². The number of hydrogen-bond acceptors (Lipinski definition) is 6. The maximum atomic E-state index is 10.2. The van der Waals surface area contributed by atoms with E-state index in [-0.39, 0.29) is 22.6 Å². The lowest BCUT2D eigenvalue weighted by Crippen LogP contribution is -1.93. The minimum absolute atomic E-state index is 0.0741. The highest BCUT2D eigenvalue weighted by Crippen LogP contribution is 2.09. The Morgan fingerprint density at radius 2 is 0.846 bits per heavy atom. The van der Waals surface area contributed by atoms with Crippen LogP contribution in [0.3, 0.4) is 0 Å². The molecule has 0 saturated carbocycles. The van der Waals surface area contributed by atoms with Crippen LogP contribution >= 0.6 is 0 Å². The predicted molar refractivity (Wildman–Crippen MR) is 92.2 cm³/mol. The van der Waals surface area contributed by atoms with Crippen LogP contribution in [0.15, 0.2) is 73.3 Å². The number of benzene rings is 2. The van der Waals surface area contributed by atoms with Gasteiger partial charge in [0, 0.05) is 24.8 Å². The molecule has 0 unspecified atom stereocenters. The summed E-state index contributed by atoms with van der Waals surface area (Å²) in [4.78, 5) is 27.9. The third-order valence-electron chi connectivity index (χ3n) is 2.71. The van der Waals surface area contributed by atoms with Crippen LogP contribution in [0.25, 0.3) is 0 Å². The Bertz CT molecular complexity index is 723. The summed E-state index contributed by atoms with van der Waals surface area (Å²) in [6.07, 6.45) is 6.56. The van der Waals surface area contributed by atoms with E-state index in [0.29, 0.717) is 0 Å². The van der Waals surface area contributed by atoms with Gasteiger partial charge in [0.15, 0.2) is 0 Å². The summed E-state index contributed by atoms with van der Waals surface area (Å²) in [5.74, 6) is -1.82. The zero-order chi connectivity index (χ0) is 19.4. The van der Waals surface area contributed by atoms with Crippen molar-refractivity contribution in [3.8, 4) is 11.5 Å². The quantitative estimate of drug-likeness (QED) is 0.549. The number of carboxylic acids is 2. The first-order chi connectivity index (χ1) is 12.4. The van der Waals surface area contributed by atoms with Gasteiger partial charge in [-0.05, 0) is 48.5 Å². The second-order valence-corrected chi connectivity index (χ2v) is 4.60. The maximum absolute atomic E-state index is 10.2. The van der Waals surface area contributed by atoms with Crippen LogP contribution in [-0.4, -0.2) is 42.3 Å². The number of nitrogens with zero attached hydrogens (tertiary/aromatic N) is 2. The highest BCUT2D eigenvalue weighted by atomic mass is 16.4. The molecule has 0 bridgehead atoms. The molecule has 1 aromatic heterocycles. The number of aromatic carboxylic acids is 2. The monoisotopic (exact) mass is 356 g/mol. The Kier molecular flexibility index (Phi) is 8.32. The Hall–Kier alpha value is -3.94. The molecule has 8 nitrogen and oxygen atoms in total. The van der Waals surface area contributed by atoms with E-state index < -0.39 is 11.9 Å². The van der Waals surface area contributed by atoms with Crippen molar-refractivity contribution in [1.29, 1.82) is 0 Å².